The van der Waals surface area contributed by atoms with Crippen LogP contribution in [0.15, 0.2) is 66.7 Å². The molecule has 1 saturated heterocycles. The van der Waals surface area contributed by atoms with Crippen molar-refractivity contribution in [1.82, 2.24) is 4.90 Å². The highest BCUT2D eigenvalue weighted by Gasteiger charge is 2.23. The summed E-state index contributed by atoms with van der Waals surface area (Å²) >= 11 is 0. The highest BCUT2D eigenvalue weighted by molar-refractivity contribution is 5.99. The molecule has 1 aliphatic rings. The molecule has 0 spiro atoms. The zero-order chi connectivity index (χ0) is 24.8. The van der Waals surface area contributed by atoms with Crippen LogP contribution in [0.5, 0.6) is 5.75 Å². The Bertz CT molecular complexity index is 1260. The summed E-state index contributed by atoms with van der Waals surface area (Å²) in [4.78, 5) is 27.8. The largest absolute Gasteiger partial charge is 0.489 e. The molecule has 0 bridgehead atoms. The van der Waals surface area contributed by atoms with Crippen LogP contribution in [-0.2, 0) is 11.4 Å². The van der Waals surface area contributed by atoms with E-state index in [0.717, 1.165) is 37.1 Å². The van der Waals surface area contributed by atoms with Crippen molar-refractivity contribution in [3.05, 3.63) is 94.5 Å². The van der Waals surface area contributed by atoms with E-state index >= 15 is 0 Å². The van der Waals surface area contributed by atoms with Crippen molar-refractivity contribution >= 4 is 17.5 Å². The Morgan fingerprint density at radius 2 is 1.80 bits per heavy atom. The third kappa shape index (κ3) is 5.70. The van der Waals surface area contributed by atoms with Gasteiger partial charge in [-0.25, -0.2) is 0 Å². The fourth-order valence-corrected chi connectivity index (χ4v) is 4.29. The lowest BCUT2D eigenvalue weighted by Gasteiger charge is -2.19. The van der Waals surface area contributed by atoms with Gasteiger partial charge in [-0.1, -0.05) is 30.3 Å². The maximum atomic E-state index is 13.2. The number of nitrogens with zero attached hydrogens (tertiary/aromatic N) is 2. The van der Waals surface area contributed by atoms with E-state index in [1.165, 1.54) is 0 Å². The van der Waals surface area contributed by atoms with Crippen LogP contribution in [0.3, 0.4) is 0 Å². The molecule has 1 heterocycles. The zero-order valence-electron chi connectivity index (χ0n) is 20.1. The Labute approximate surface area is 206 Å². The highest BCUT2D eigenvalue weighted by atomic mass is 16.5. The molecular weight excluding hydrogens is 438 g/mol. The van der Waals surface area contributed by atoms with Gasteiger partial charge in [-0.05, 0) is 74.2 Å². The van der Waals surface area contributed by atoms with E-state index < -0.39 is 5.92 Å². The number of rotatable bonds is 7. The molecule has 1 fully saturated rings. The molecule has 6 nitrogen and oxygen atoms in total. The third-order valence-corrected chi connectivity index (χ3v) is 6.35. The van der Waals surface area contributed by atoms with Gasteiger partial charge in [-0.3, -0.25) is 9.59 Å². The van der Waals surface area contributed by atoms with E-state index in [1.807, 2.05) is 48.2 Å². The Balaban J connectivity index is 1.49. The Hall–Kier alpha value is -4.11. The minimum Gasteiger partial charge on any atom is -0.489 e. The smallest absolute Gasteiger partial charge is 0.254 e. The van der Waals surface area contributed by atoms with E-state index in [4.69, 9.17) is 4.74 Å². The lowest BCUT2D eigenvalue weighted by Crippen LogP contribution is -2.28. The van der Waals surface area contributed by atoms with Crippen molar-refractivity contribution in [3.8, 4) is 11.8 Å². The van der Waals surface area contributed by atoms with Crippen molar-refractivity contribution < 1.29 is 14.3 Å². The minimum absolute atomic E-state index is 0.0415. The van der Waals surface area contributed by atoms with Crippen molar-refractivity contribution in [2.24, 2.45) is 0 Å². The number of ether oxygens (including phenoxy) is 1. The van der Waals surface area contributed by atoms with Crippen LogP contribution in [0.4, 0.5) is 5.69 Å². The number of aryl methyl sites for hydroxylation is 1. The van der Waals surface area contributed by atoms with Gasteiger partial charge in [0.2, 0.25) is 5.91 Å². The second-order valence-corrected chi connectivity index (χ2v) is 8.88. The molecule has 3 aromatic carbocycles. The summed E-state index contributed by atoms with van der Waals surface area (Å²) in [6.07, 6.45) is 2.09. The number of hydrogen-bond donors (Lipinski definition) is 1. The molecule has 3 aromatic rings. The summed E-state index contributed by atoms with van der Waals surface area (Å²) in [5, 5.41) is 12.3. The van der Waals surface area contributed by atoms with E-state index in [2.05, 4.69) is 11.4 Å². The van der Waals surface area contributed by atoms with Crippen molar-refractivity contribution in [2.45, 2.75) is 39.2 Å². The second kappa shape index (κ2) is 10.9. The number of carbonyl (C=O) groups excluding carboxylic acids is 2. The molecule has 0 aromatic heterocycles. The molecule has 1 unspecified atom stereocenters. The molecule has 4 rings (SSSR count). The monoisotopic (exact) mass is 467 g/mol. The van der Waals surface area contributed by atoms with Gasteiger partial charge in [0.25, 0.3) is 5.91 Å². The Kier molecular flexibility index (Phi) is 7.47. The normalized spacial score (nSPS) is 13.7. The summed E-state index contributed by atoms with van der Waals surface area (Å²) in [5.74, 6) is -0.166. The second-order valence-electron chi connectivity index (χ2n) is 8.88. The minimum atomic E-state index is -0.555. The quantitative estimate of drug-likeness (QED) is 0.503. The first-order chi connectivity index (χ1) is 17.0. The summed E-state index contributed by atoms with van der Waals surface area (Å²) < 4.78 is 6.02. The van der Waals surface area contributed by atoms with Crippen LogP contribution in [0.25, 0.3) is 0 Å². The molecule has 35 heavy (non-hydrogen) atoms. The Morgan fingerprint density at radius 3 is 2.49 bits per heavy atom. The first-order valence-electron chi connectivity index (χ1n) is 11.9. The summed E-state index contributed by atoms with van der Waals surface area (Å²) in [7, 11) is 0. The van der Waals surface area contributed by atoms with Gasteiger partial charge in [0.05, 0.1) is 17.6 Å². The number of benzene rings is 3. The molecular formula is C29H29N3O3. The van der Waals surface area contributed by atoms with Gasteiger partial charge >= 0.3 is 0 Å². The van der Waals surface area contributed by atoms with Crippen LogP contribution in [0.1, 0.15) is 58.3 Å². The topological polar surface area (TPSA) is 82.4 Å². The lowest BCUT2D eigenvalue weighted by molar-refractivity contribution is -0.117. The van der Waals surface area contributed by atoms with Gasteiger partial charge in [-0.2, -0.15) is 5.26 Å². The number of hydrogen-bond acceptors (Lipinski definition) is 4. The molecule has 1 aliphatic heterocycles. The molecule has 178 valence electrons. The van der Waals surface area contributed by atoms with Gasteiger partial charge in [-0.15, -0.1) is 0 Å². The maximum Gasteiger partial charge on any atom is 0.254 e. The number of nitrogens with one attached hydrogen (secondary N) is 1. The molecule has 0 aliphatic carbocycles. The number of carbonyl (C=O) groups is 2. The van der Waals surface area contributed by atoms with Crippen LogP contribution in [-0.4, -0.2) is 29.8 Å². The summed E-state index contributed by atoms with van der Waals surface area (Å²) in [5.41, 5.74) is 4.24. The van der Waals surface area contributed by atoms with Crippen molar-refractivity contribution in [1.29, 1.82) is 5.26 Å². The zero-order valence-corrected chi connectivity index (χ0v) is 20.1. The van der Waals surface area contributed by atoms with Crippen molar-refractivity contribution in [3.63, 3.8) is 0 Å². The van der Waals surface area contributed by atoms with Crippen LogP contribution < -0.4 is 10.1 Å². The maximum absolute atomic E-state index is 13.2. The van der Waals surface area contributed by atoms with Crippen molar-refractivity contribution in [2.75, 3.05) is 18.4 Å². The van der Waals surface area contributed by atoms with Gasteiger partial charge in [0.1, 0.15) is 12.4 Å². The number of anilines is 1. The van der Waals surface area contributed by atoms with Crippen LogP contribution in [0.2, 0.25) is 0 Å². The molecule has 6 heteroatoms. The average molecular weight is 468 g/mol. The average Bonchev–Trinajstić information content (AvgIpc) is 3.42. The molecule has 2 amide bonds. The van der Waals surface area contributed by atoms with E-state index in [0.29, 0.717) is 34.7 Å². The van der Waals surface area contributed by atoms with Gasteiger partial charge in [0.15, 0.2) is 0 Å². The summed E-state index contributed by atoms with van der Waals surface area (Å²) in [6, 6.07) is 22.4. The van der Waals surface area contributed by atoms with E-state index in [9.17, 15) is 14.9 Å². The van der Waals surface area contributed by atoms with E-state index in [1.54, 1.807) is 37.3 Å². The fourth-order valence-electron chi connectivity index (χ4n) is 4.29. The highest BCUT2D eigenvalue weighted by Crippen LogP contribution is 2.30. The number of amides is 2. The predicted octanol–water partition coefficient (Wildman–Crippen LogP) is 5.42. The fraction of sp³-hybridized carbons (Fsp3) is 0.276. The number of nitriles is 1. The van der Waals surface area contributed by atoms with E-state index in [-0.39, 0.29) is 11.8 Å². The number of likely N-dealkylation sites (tertiary alicyclic amines) is 1. The molecule has 0 radical (unpaired) electrons. The Morgan fingerprint density at radius 1 is 1.06 bits per heavy atom. The first-order valence-corrected chi connectivity index (χ1v) is 11.9. The standard InChI is InChI=1S/C29H29N3O3/c1-20-16-24(11-12-25(20)29(34)32-14-6-7-15-32)31-28(33)21(2)26-17-23(18-30)10-13-27(26)35-19-22-8-4-3-5-9-22/h3-5,8-13,16-17,21H,6-7,14-15,19H2,1-2H3,(H,31,33). The summed E-state index contributed by atoms with van der Waals surface area (Å²) in [6.45, 7) is 5.63. The predicted molar refractivity (Wildman–Crippen MR) is 135 cm³/mol. The third-order valence-electron chi connectivity index (χ3n) is 6.35. The first kappa shape index (κ1) is 24.0. The molecule has 1 N–H and O–H groups in total. The van der Waals surface area contributed by atoms with Crippen LogP contribution in [0, 0.1) is 18.3 Å². The van der Waals surface area contributed by atoms with Crippen LogP contribution >= 0.6 is 0 Å². The molecule has 1 atom stereocenters. The SMILES string of the molecule is Cc1cc(NC(=O)C(C)c2cc(C#N)ccc2OCc2ccccc2)ccc1C(=O)N1CCCC1. The van der Waals surface area contributed by atoms with Gasteiger partial charge < -0.3 is 15.0 Å². The van der Waals surface area contributed by atoms with Gasteiger partial charge in [0, 0.05) is 29.9 Å². The lowest BCUT2D eigenvalue weighted by atomic mass is 9.97. The molecule has 0 saturated carbocycles.